The van der Waals surface area contributed by atoms with Gasteiger partial charge in [-0.2, -0.15) is 5.26 Å². The smallest absolute Gasteiger partial charge is 0.183 e. The van der Waals surface area contributed by atoms with Gasteiger partial charge in [-0.05, 0) is 24.6 Å². The monoisotopic (exact) mass is 297 g/mol. The Bertz CT molecular complexity index is 789. The lowest BCUT2D eigenvalue weighted by atomic mass is 10.1. The SMILES string of the molecule is Cc1ccc(S(=O)(=O)[C@@H]2[C@H](C#N)[C@H]2c2ccccc2)cc1. The molecule has 4 heteroatoms. The Morgan fingerprint density at radius 3 is 2.19 bits per heavy atom. The Kier molecular flexibility index (Phi) is 3.30. The molecule has 3 rings (SSSR count). The minimum absolute atomic E-state index is 0.220. The van der Waals surface area contributed by atoms with Gasteiger partial charge in [-0.15, -0.1) is 0 Å². The van der Waals surface area contributed by atoms with Crippen molar-refractivity contribution in [3.8, 4) is 6.07 Å². The number of nitriles is 1. The average molecular weight is 297 g/mol. The Labute approximate surface area is 124 Å². The minimum Gasteiger partial charge on any atom is -0.223 e. The molecular weight excluding hydrogens is 282 g/mol. The van der Waals surface area contributed by atoms with Crippen molar-refractivity contribution in [3.05, 3.63) is 65.7 Å². The molecular formula is C17H15NO2S. The first-order valence-corrected chi connectivity index (χ1v) is 8.35. The molecule has 106 valence electrons. The first kappa shape index (κ1) is 13.8. The van der Waals surface area contributed by atoms with Crippen molar-refractivity contribution in [3.63, 3.8) is 0 Å². The summed E-state index contributed by atoms with van der Waals surface area (Å²) in [7, 11) is -3.46. The topological polar surface area (TPSA) is 57.9 Å². The molecule has 1 saturated carbocycles. The zero-order valence-electron chi connectivity index (χ0n) is 11.6. The number of aryl methyl sites for hydroxylation is 1. The summed E-state index contributed by atoms with van der Waals surface area (Å²) in [5, 5.41) is 8.62. The van der Waals surface area contributed by atoms with E-state index < -0.39 is 21.0 Å². The molecule has 0 amide bonds. The van der Waals surface area contributed by atoms with Crippen LogP contribution in [0, 0.1) is 24.2 Å². The van der Waals surface area contributed by atoms with Gasteiger partial charge in [-0.3, -0.25) is 0 Å². The fraction of sp³-hybridized carbons (Fsp3) is 0.235. The van der Waals surface area contributed by atoms with Crippen molar-refractivity contribution in [1.29, 1.82) is 5.26 Å². The van der Waals surface area contributed by atoms with Gasteiger partial charge in [-0.1, -0.05) is 48.0 Å². The fourth-order valence-corrected chi connectivity index (χ4v) is 4.85. The third-order valence-corrected chi connectivity index (χ3v) is 6.23. The molecule has 0 aliphatic heterocycles. The fourth-order valence-electron chi connectivity index (χ4n) is 2.78. The minimum atomic E-state index is -3.46. The third kappa shape index (κ3) is 2.34. The van der Waals surface area contributed by atoms with Crippen LogP contribution in [0.15, 0.2) is 59.5 Å². The largest absolute Gasteiger partial charge is 0.223 e. The molecule has 1 aliphatic rings. The number of benzene rings is 2. The van der Waals surface area contributed by atoms with Crippen LogP contribution < -0.4 is 0 Å². The van der Waals surface area contributed by atoms with Crippen LogP contribution in [0.1, 0.15) is 17.0 Å². The van der Waals surface area contributed by atoms with Gasteiger partial charge in [0.15, 0.2) is 9.84 Å². The van der Waals surface area contributed by atoms with Crippen LogP contribution in [0.2, 0.25) is 0 Å². The second kappa shape index (κ2) is 5.01. The van der Waals surface area contributed by atoms with Gasteiger partial charge in [0, 0.05) is 5.92 Å². The Hall–Kier alpha value is -2.12. The van der Waals surface area contributed by atoms with Gasteiger partial charge in [-0.25, -0.2) is 8.42 Å². The van der Waals surface area contributed by atoms with Gasteiger partial charge < -0.3 is 0 Å². The Balaban J connectivity index is 1.97. The van der Waals surface area contributed by atoms with E-state index in [1.807, 2.05) is 37.3 Å². The van der Waals surface area contributed by atoms with E-state index in [9.17, 15) is 13.7 Å². The van der Waals surface area contributed by atoms with Crippen LogP contribution in [0.5, 0.6) is 0 Å². The molecule has 0 unspecified atom stereocenters. The number of rotatable bonds is 3. The molecule has 1 fully saturated rings. The van der Waals surface area contributed by atoms with Crippen molar-refractivity contribution in [2.75, 3.05) is 0 Å². The van der Waals surface area contributed by atoms with Gasteiger partial charge in [0.1, 0.15) is 0 Å². The second-order valence-electron chi connectivity index (χ2n) is 5.41. The lowest BCUT2D eigenvalue weighted by molar-refractivity contribution is 0.593. The van der Waals surface area contributed by atoms with E-state index in [0.717, 1.165) is 11.1 Å². The molecule has 3 nitrogen and oxygen atoms in total. The molecule has 2 aromatic carbocycles. The van der Waals surface area contributed by atoms with Crippen LogP contribution in [0.4, 0.5) is 0 Å². The Morgan fingerprint density at radius 1 is 1.00 bits per heavy atom. The molecule has 3 atom stereocenters. The second-order valence-corrected chi connectivity index (χ2v) is 7.52. The van der Waals surface area contributed by atoms with Gasteiger partial charge in [0.2, 0.25) is 0 Å². The number of sulfone groups is 1. The average Bonchev–Trinajstić information content (AvgIpc) is 3.24. The van der Waals surface area contributed by atoms with Crippen LogP contribution in [-0.2, 0) is 9.84 Å². The first-order valence-electron chi connectivity index (χ1n) is 6.81. The normalized spacial score (nSPS) is 24.3. The summed E-state index contributed by atoms with van der Waals surface area (Å²) < 4.78 is 25.4. The maximum atomic E-state index is 12.7. The summed E-state index contributed by atoms with van der Waals surface area (Å²) in [4.78, 5) is 0.303. The summed E-state index contributed by atoms with van der Waals surface area (Å²) in [6.07, 6.45) is 0. The van der Waals surface area contributed by atoms with E-state index in [1.165, 1.54) is 0 Å². The van der Waals surface area contributed by atoms with E-state index in [0.29, 0.717) is 4.90 Å². The molecule has 0 heterocycles. The van der Waals surface area contributed by atoms with Crippen LogP contribution >= 0.6 is 0 Å². The van der Waals surface area contributed by atoms with Crippen LogP contribution in [-0.4, -0.2) is 13.7 Å². The summed E-state index contributed by atoms with van der Waals surface area (Å²) in [5.41, 5.74) is 1.94. The molecule has 0 saturated heterocycles. The van der Waals surface area contributed by atoms with Crippen LogP contribution in [0.3, 0.4) is 0 Å². The summed E-state index contributed by atoms with van der Waals surface area (Å²) in [6, 6.07) is 18.4. The highest BCUT2D eigenvalue weighted by atomic mass is 32.2. The van der Waals surface area contributed by atoms with E-state index in [2.05, 4.69) is 6.07 Å². The van der Waals surface area contributed by atoms with E-state index in [-0.39, 0.29) is 5.92 Å². The molecule has 0 aromatic heterocycles. The molecule has 0 spiro atoms. The quantitative estimate of drug-likeness (QED) is 0.874. The molecule has 2 aromatic rings. The van der Waals surface area contributed by atoms with E-state index in [4.69, 9.17) is 0 Å². The highest BCUT2D eigenvalue weighted by Gasteiger charge is 2.59. The van der Waals surface area contributed by atoms with Crippen molar-refractivity contribution in [1.82, 2.24) is 0 Å². The first-order chi connectivity index (χ1) is 10.1. The maximum Gasteiger partial charge on any atom is 0.183 e. The van der Waals surface area contributed by atoms with Crippen molar-refractivity contribution in [2.45, 2.75) is 23.0 Å². The van der Waals surface area contributed by atoms with E-state index in [1.54, 1.807) is 24.3 Å². The lowest BCUT2D eigenvalue weighted by Crippen LogP contribution is -2.10. The third-order valence-electron chi connectivity index (χ3n) is 4.00. The summed E-state index contributed by atoms with van der Waals surface area (Å²) in [5.74, 6) is -0.679. The maximum absolute atomic E-state index is 12.7. The molecule has 0 bridgehead atoms. The van der Waals surface area contributed by atoms with E-state index >= 15 is 0 Å². The van der Waals surface area contributed by atoms with Gasteiger partial charge in [0.25, 0.3) is 0 Å². The van der Waals surface area contributed by atoms with Crippen molar-refractivity contribution >= 4 is 9.84 Å². The molecule has 0 radical (unpaired) electrons. The zero-order chi connectivity index (χ0) is 15.0. The number of hydrogen-bond acceptors (Lipinski definition) is 3. The molecule has 0 N–H and O–H groups in total. The van der Waals surface area contributed by atoms with Gasteiger partial charge in [0.05, 0.1) is 22.1 Å². The predicted octanol–water partition coefficient (Wildman–Crippen LogP) is 3.07. The standard InChI is InChI=1S/C17H15NO2S/c1-12-7-9-14(10-8-12)21(19,20)17-15(11-18)16(17)13-5-3-2-4-6-13/h2-10,15-17H,1H3/t15-,16-,17-/m1/s1. The number of hydrogen-bond donors (Lipinski definition) is 0. The highest BCUT2D eigenvalue weighted by Crippen LogP contribution is 2.53. The molecule has 21 heavy (non-hydrogen) atoms. The van der Waals surface area contributed by atoms with Gasteiger partial charge >= 0.3 is 0 Å². The summed E-state index contributed by atoms with van der Waals surface area (Å²) in [6.45, 7) is 1.92. The summed E-state index contributed by atoms with van der Waals surface area (Å²) >= 11 is 0. The van der Waals surface area contributed by atoms with Crippen LogP contribution in [0.25, 0.3) is 0 Å². The lowest BCUT2D eigenvalue weighted by Gasteiger charge is -2.04. The molecule has 1 aliphatic carbocycles. The highest BCUT2D eigenvalue weighted by molar-refractivity contribution is 7.92. The van der Waals surface area contributed by atoms with Crippen molar-refractivity contribution < 1.29 is 8.42 Å². The van der Waals surface area contributed by atoms with Crippen molar-refractivity contribution in [2.24, 2.45) is 5.92 Å². The predicted molar refractivity (Wildman–Crippen MR) is 80.4 cm³/mol. The number of nitrogens with zero attached hydrogens (tertiary/aromatic N) is 1. The zero-order valence-corrected chi connectivity index (χ0v) is 12.4. The Morgan fingerprint density at radius 2 is 1.62 bits per heavy atom.